The van der Waals surface area contributed by atoms with Crippen molar-refractivity contribution in [3.63, 3.8) is 0 Å². The van der Waals surface area contributed by atoms with E-state index in [4.69, 9.17) is 10.9 Å². The largest absolute Gasteiger partial charge is 0.325 e. The molecule has 5 N–H and O–H groups in total. The molecular weight excluding hydrogens is 358 g/mol. The summed E-state index contributed by atoms with van der Waals surface area (Å²) >= 11 is 3.22. The molecule has 0 unspecified atom stereocenters. The number of halogens is 1. The van der Waals surface area contributed by atoms with E-state index in [1.165, 1.54) is 18.2 Å². The van der Waals surface area contributed by atoms with Crippen LogP contribution in [0.15, 0.2) is 27.6 Å². The van der Waals surface area contributed by atoms with Crippen LogP contribution in [-0.2, 0) is 14.8 Å². The molecule has 6 nitrogen and oxygen atoms in total. The zero-order valence-electron chi connectivity index (χ0n) is 12.4. The van der Waals surface area contributed by atoms with E-state index in [-0.39, 0.29) is 10.8 Å². The van der Waals surface area contributed by atoms with Crippen molar-refractivity contribution in [2.75, 3.05) is 5.32 Å². The van der Waals surface area contributed by atoms with Gasteiger partial charge in [-0.1, -0.05) is 0 Å². The van der Waals surface area contributed by atoms with Gasteiger partial charge in [0, 0.05) is 10.0 Å². The minimum Gasteiger partial charge on any atom is -0.325 e. The van der Waals surface area contributed by atoms with E-state index in [0.717, 1.165) is 0 Å². The summed E-state index contributed by atoms with van der Waals surface area (Å²) in [6.07, 6.45) is 0. The SMILES string of the molecule is CC(C)(N)C(C)(C)C(=O)Nc1ccc(S(N)(=O)=O)cc1Br. The van der Waals surface area contributed by atoms with Crippen LogP contribution < -0.4 is 16.2 Å². The van der Waals surface area contributed by atoms with Gasteiger partial charge in [0.25, 0.3) is 0 Å². The second kappa shape index (κ2) is 5.68. The summed E-state index contributed by atoms with van der Waals surface area (Å²) in [6.45, 7) is 7.03. The summed E-state index contributed by atoms with van der Waals surface area (Å²) in [5.74, 6) is -0.265. The molecule has 1 amide bonds. The Bertz CT molecular complexity index is 664. The standard InChI is InChI=1S/C13H20BrN3O3S/c1-12(2,13(3,4)15)11(18)17-10-6-5-8(7-9(10)14)21(16,19)20/h5-7H,15H2,1-4H3,(H,17,18)(H2,16,19,20). The maximum absolute atomic E-state index is 12.4. The van der Waals surface area contributed by atoms with Gasteiger partial charge in [0.2, 0.25) is 15.9 Å². The van der Waals surface area contributed by atoms with Crippen LogP contribution in [0.1, 0.15) is 27.7 Å². The number of anilines is 1. The van der Waals surface area contributed by atoms with Gasteiger partial charge < -0.3 is 11.1 Å². The molecule has 118 valence electrons. The molecule has 0 aromatic heterocycles. The third-order valence-electron chi connectivity index (χ3n) is 3.70. The average molecular weight is 378 g/mol. The molecule has 0 saturated carbocycles. The molecule has 0 atom stereocenters. The van der Waals surface area contributed by atoms with Gasteiger partial charge in [-0.05, 0) is 61.8 Å². The number of nitrogens with two attached hydrogens (primary N) is 2. The van der Waals surface area contributed by atoms with E-state index in [9.17, 15) is 13.2 Å². The van der Waals surface area contributed by atoms with E-state index >= 15 is 0 Å². The summed E-state index contributed by atoms with van der Waals surface area (Å²) in [6, 6.07) is 4.14. The number of hydrogen-bond donors (Lipinski definition) is 3. The fraction of sp³-hybridized carbons (Fsp3) is 0.462. The molecule has 8 heteroatoms. The van der Waals surface area contributed by atoms with Crippen molar-refractivity contribution >= 4 is 37.5 Å². The van der Waals surface area contributed by atoms with Gasteiger partial charge in [-0.2, -0.15) is 0 Å². The predicted octanol–water partition coefficient (Wildman–Crippen LogP) is 1.80. The Balaban J connectivity index is 3.08. The fourth-order valence-electron chi connectivity index (χ4n) is 1.35. The van der Waals surface area contributed by atoms with Crippen molar-refractivity contribution in [1.29, 1.82) is 0 Å². The fourth-order valence-corrected chi connectivity index (χ4v) is 2.51. The second-order valence-electron chi connectivity index (χ2n) is 5.99. The van der Waals surface area contributed by atoms with Crippen molar-refractivity contribution in [3.05, 3.63) is 22.7 Å². The van der Waals surface area contributed by atoms with E-state index < -0.39 is 21.0 Å². The topological polar surface area (TPSA) is 115 Å². The Labute approximate surface area is 133 Å². The van der Waals surface area contributed by atoms with Gasteiger partial charge in [-0.25, -0.2) is 13.6 Å². The zero-order chi connectivity index (χ0) is 16.6. The van der Waals surface area contributed by atoms with Crippen LogP contribution in [0.25, 0.3) is 0 Å². The Morgan fingerprint density at radius 1 is 1.24 bits per heavy atom. The number of primary sulfonamides is 1. The predicted molar refractivity (Wildman–Crippen MR) is 86.2 cm³/mol. The first-order valence-corrected chi connectivity index (χ1v) is 8.53. The van der Waals surface area contributed by atoms with Crippen LogP contribution in [0.5, 0.6) is 0 Å². The smallest absolute Gasteiger partial charge is 0.238 e. The highest BCUT2D eigenvalue weighted by Gasteiger charge is 2.40. The number of sulfonamides is 1. The molecule has 0 saturated heterocycles. The van der Waals surface area contributed by atoms with Gasteiger partial charge in [-0.3, -0.25) is 4.79 Å². The van der Waals surface area contributed by atoms with Crippen molar-refractivity contribution in [3.8, 4) is 0 Å². The Hall–Kier alpha value is -0.960. The Morgan fingerprint density at radius 3 is 2.14 bits per heavy atom. The van der Waals surface area contributed by atoms with E-state index in [2.05, 4.69) is 21.2 Å². The van der Waals surface area contributed by atoms with Crippen molar-refractivity contribution in [2.45, 2.75) is 38.1 Å². The van der Waals surface area contributed by atoms with Crippen LogP contribution in [0.4, 0.5) is 5.69 Å². The molecule has 0 spiro atoms. The molecule has 0 fully saturated rings. The first kappa shape index (κ1) is 18.1. The van der Waals surface area contributed by atoms with Crippen LogP contribution in [-0.4, -0.2) is 19.9 Å². The number of rotatable bonds is 4. The van der Waals surface area contributed by atoms with Gasteiger partial charge in [0.1, 0.15) is 0 Å². The number of benzene rings is 1. The minimum absolute atomic E-state index is 0.0363. The number of carbonyl (C=O) groups excluding carboxylic acids is 1. The highest BCUT2D eigenvalue weighted by atomic mass is 79.9. The minimum atomic E-state index is -3.78. The normalized spacial score (nSPS) is 13.1. The monoisotopic (exact) mass is 377 g/mol. The molecule has 21 heavy (non-hydrogen) atoms. The molecule has 0 aliphatic rings. The van der Waals surface area contributed by atoms with Crippen molar-refractivity contribution in [1.82, 2.24) is 0 Å². The third kappa shape index (κ3) is 4.03. The van der Waals surface area contributed by atoms with Gasteiger partial charge in [0.05, 0.1) is 16.0 Å². The first-order chi connectivity index (χ1) is 9.26. The highest BCUT2D eigenvalue weighted by molar-refractivity contribution is 9.10. The summed E-state index contributed by atoms with van der Waals surface area (Å²) in [4.78, 5) is 12.3. The molecular formula is C13H20BrN3O3S. The average Bonchev–Trinajstić information content (AvgIpc) is 2.28. The number of amides is 1. The Kier molecular flexibility index (Phi) is 4.89. The zero-order valence-corrected chi connectivity index (χ0v) is 14.8. The molecule has 1 rings (SSSR count). The first-order valence-electron chi connectivity index (χ1n) is 6.19. The van der Waals surface area contributed by atoms with Crippen LogP contribution >= 0.6 is 15.9 Å². The number of carbonyl (C=O) groups is 1. The lowest BCUT2D eigenvalue weighted by atomic mass is 9.74. The van der Waals surface area contributed by atoms with Gasteiger partial charge in [-0.15, -0.1) is 0 Å². The quantitative estimate of drug-likeness (QED) is 0.741. The summed E-state index contributed by atoms with van der Waals surface area (Å²) in [7, 11) is -3.78. The summed E-state index contributed by atoms with van der Waals surface area (Å²) < 4.78 is 22.9. The molecule has 0 heterocycles. The van der Waals surface area contributed by atoms with E-state index in [0.29, 0.717) is 10.2 Å². The lowest BCUT2D eigenvalue weighted by Gasteiger charge is -2.37. The number of nitrogens with one attached hydrogen (secondary N) is 1. The van der Waals surface area contributed by atoms with Crippen molar-refractivity contribution < 1.29 is 13.2 Å². The van der Waals surface area contributed by atoms with Gasteiger partial charge in [0.15, 0.2) is 0 Å². The van der Waals surface area contributed by atoms with Crippen LogP contribution in [0, 0.1) is 5.41 Å². The van der Waals surface area contributed by atoms with E-state index in [1.807, 2.05) is 0 Å². The van der Waals surface area contributed by atoms with E-state index in [1.54, 1.807) is 27.7 Å². The second-order valence-corrected chi connectivity index (χ2v) is 8.40. The molecule has 1 aromatic rings. The Morgan fingerprint density at radius 2 is 1.76 bits per heavy atom. The van der Waals surface area contributed by atoms with Gasteiger partial charge >= 0.3 is 0 Å². The van der Waals surface area contributed by atoms with Crippen LogP contribution in [0.3, 0.4) is 0 Å². The third-order valence-corrected chi connectivity index (χ3v) is 5.26. The molecule has 0 radical (unpaired) electrons. The summed E-state index contributed by atoms with van der Waals surface area (Å²) in [5, 5.41) is 7.79. The number of hydrogen-bond acceptors (Lipinski definition) is 4. The highest BCUT2D eigenvalue weighted by Crippen LogP contribution is 2.32. The molecule has 0 bridgehead atoms. The maximum Gasteiger partial charge on any atom is 0.238 e. The molecule has 1 aromatic carbocycles. The molecule has 0 aliphatic heterocycles. The van der Waals surface area contributed by atoms with Crippen molar-refractivity contribution in [2.24, 2.45) is 16.3 Å². The van der Waals surface area contributed by atoms with Crippen LogP contribution in [0.2, 0.25) is 0 Å². The molecule has 0 aliphatic carbocycles. The lowest BCUT2D eigenvalue weighted by Crippen LogP contribution is -2.53. The maximum atomic E-state index is 12.4. The summed E-state index contributed by atoms with van der Waals surface area (Å²) in [5.41, 5.74) is 4.93. The lowest BCUT2D eigenvalue weighted by molar-refractivity contribution is -0.126.